The minimum absolute atomic E-state index is 0.838. The second-order valence-corrected chi connectivity index (χ2v) is 3.84. The van der Waals surface area contributed by atoms with Crippen LogP contribution < -0.4 is 5.32 Å². The van der Waals surface area contributed by atoms with Crippen molar-refractivity contribution in [3.8, 4) is 0 Å². The predicted molar refractivity (Wildman–Crippen MR) is 58.1 cm³/mol. The van der Waals surface area contributed by atoms with E-state index in [-0.39, 0.29) is 0 Å². The Kier molecular flexibility index (Phi) is 9.94. The Balaban J connectivity index is 2.84. The Morgan fingerprint density at radius 1 is 1.15 bits per heavy atom. The van der Waals surface area contributed by atoms with Gasteiger partial charge in [0.25, 0.3) is 0 Å². The van der Waals surface area contributed by atoms with E-state index in [0.717, 1.165) is 38.6 Å². The van der Waals surface area contributed by atoms with Crippen LogP contribution in [0.5, 0.6) is 0 Å². The first-order chi connectivity index (χ1) is 6.27. The van der Waals surface area contributed by atoms with Gasteiger partial charge in [-0.15, -0.1) is 0 Å². The summed E-state index contributed by atoms with van der Waals surface area (Å²) in [6.07, 6.45) is 3.76. The molecule has 0 unspecified atom stereocenters. The van der Waals surface area contributed by atoms with Crippen molar-refractivity contribution >= 4 is 0 Å². The molecule has 0 spiro atoms. The summed E-state index contributed by atoms with van der Waals surface area (Å²) in [6, 6.07) is 0. The lowest BCUT2D eigenvalue weighted by Crippen LogP contribution is -2.18. The molecule has 0 atom stereocenters. The van der Waals surface area contributed by atoms with Crippen LogP contribution in [-0.4, -0.2) is 26.3 Å². The van der Waals surface area contributed by atoms with Crippen LogP contribution in [-0.2, 0) is 4.74 Å². The van der Waals surface area contributed by atoms with Crippen LogP contribution in [0.1, 0.15) is 40.0 Å². The van der Waals surface area contributed by atoms with Crippen LogP contribution in [0.2, 0.25) is 0 Å². The summed E-state index contributed by atoms with van der Waals surface area (Å²) < 4.78 is 5.24. The lowest BCUT2D eigenvalue weighted by atomic mass is 10.1. The van der Waals surface area contributed by atoms with Crippen LogP contribution >= 0.6 is 0 Å². The fraction of sp³-hybridized carbons (Fsp3) is 1.00. The first-order valence-corrected chi connectivity index (χ1v) is 5.55. The highest BCUT2D eigenvalue weighted by molar-refractivity contribution is 4.50. The maximum atomic E-state index is 5.24. The lowest BCUT2D eigenvalue weighted by Gasteiger charge is -2.06. The molecule has 0 fully saturated rings. The smallest absolute Gasteiger partial charge is 0.0477 e. The third-order valence-corrected chi connectivity index (χ3v) is 1.98. The molecule has 0 aromatic heterocycles. The minimum Gasteiger partial charge on any atom is -0.382 e. The van der Waals surface area contributed by atoms with Gasteiger partial charge in [0.05, 0.1) is 0 Å². The number of rotatable bonds is 9. The van der Waals surface area contributed by atoms with Crippen LogP contribution in [0.3, 0.4) is 0 Å². The van der Waals surface area contributed by atoms with E-state index in [0.29, 0.717) is 0 Å². The van der Waals surface area contributed by atoms with Crippen LogP contribution in [0.4, 0.5) is 0 Å². The first kappa shape index (κ1) is 12.9. The molecular formula is C11H25NO. The summed E-state index contributed by atoms with van der Waals surface area (Å²) in [5.41, 5.74) is 0. The van der Waals surface area contributed by atoms with E-state index in [1.807, 2.05) is 6.92 Å². The maximum Gasteiger partial charge on any atom is 0.0477 e. The Hall–Kier alpha value is -0.0800. The van der Waals surface area contributed by atoms with E-state index in [9.17, 15) is 0 Å². The van der Waals surface area contributed by atoms with Gasteiger partial charge in [-0.3, -0.25) is 0 Å². The first-order valence-electron chi connectivity index (χ1n) is 5.55. The van der Waals surface area contributed by atoms with E-state index in [4.69, 9.17) is 4.74 Å². The molecule has 0 aromatic rings. The van der Waals surface area contributed by atoms with Gasteiger partial charge in [-0.05, 0) is 45.2 Å². The Bertz CT molecular complexity index is 94.1. The van der Waals surface area contributed by atoms with Gasteiger partial charge >= 0.3 is 0 Å². The standard InChI is InChI=1S/C11H25NO/c1-4-13-10-6-9-12-8-5-7-11(2)3/h11-12H,4-10H2,1-3H3. The summed E-state index contributed by atoms with van der Waals surface area (Å²) in [4.78, 5) is 0. The summed E-state index contributed by atoms with van der Waals surface area (Å²) in [5.74, 6) is 0.838. The number of nitrogens with one attached hydrogen (secondary N) is 1. The zero-order chi connectivity index (χ0) is 9.94. The molecule has 2 heteroatoms. The molecule has 0 aliphatic heterocycles. The van der Waals surface area contributed by atoms with E-state index >= 15 is 0 Å². The molecule has 0 aromatic carbocycles. The molecule has 0 heterocycles. The van der Waals surface area contributed by atoms with Crippen molar-refractivity contribution in [3.05, 3.63) is 0 Å². The van der Waals surface area contributed by atoms with Crippen molar-refractivity contribution < 1.29 is 4.74 Å². The highest BCUT2D eigenvalue weighted by Gasteiger charge is 1.93. The topological polar surface area (TPSA) is 21.3 Å². The van der Waals surface area contributed by atoms with Crippen molar-refractivity contribution in [3.63, 3.8) is 0 Å². The number of ether oxygens (including phenoxy) is 1. The van der Waals surface area contributed by atoms with Crippen molar-refractivity contribution in [2.75, 3.05) is 26.3 Å². The minimum atomic E-state index is 0.838. The highest BCUT2D eigenvalue weighted by Crippen LogP contribution is 2.01. The van der Waals surface area contributed by atoms with Gasteiger partial charge in [0.2, 0.25) is 0 Å². The molecule has 0 aliphatic rings. The normalized spacial score (nSPS) is 11.1. The molecule has 0 bridgehead atoms. The quantitative estimate of drug-likeness (QED) is 0.560. The second kappa shape index (κ2) is 10.0. The zero-order valence-corrected chi connectivity index (χ0v) is 9.44. The van der Waals surface area contributed by atoms with Crippen molar-refractivity contribution in [2.45, 2.75) is 40.0 Å². The molecule has 80 valence electrons. The van der Waals surface area contributed by atoms with Crippen LogP contribution in [0.15, 0.2) is 0 Å². The molecule has 1 N–H and O–H groups in total. The maximum absolute atomic E-state index is 5.24. The average molecular weight is 187 g/mol. The fourth-order valence-corrected chi connectivity index (χ4v) is 1.20. The van der Waals surface area contributed by atoms with Gasteiger partial charge in [-0.2, -0.15) is 0 Å². The van der Waals surface area contributed by atoms with Gasteiger partial charge in [0.1, 0.15) is 0 Å². The summed E-state index contributed by atoms with van der Waals surface area (Å²) >= 11 is 0. The van der Waals surface area contributed by atoms with Crippen LogP contribution in [0, 0.1) is 5.92 Å². The Morgan fingerprint density at radius 3 is 2.46 bits per heavy atom. The Morgan fingerprint density at radius 2 is 1.85 bits per heavy atom. The fourth-order valence-electron chi connectivity index (χ4n) is 1.20. The van der Waals surface area contributed by atoms with Gasteiger partial charge in [-0.1, -0.05) is 13.8 Å². The zero-order valence-electron chi connectivity index (χ0n) is 9.44. The molecule has 0 amide bonds. The predicted octanol–water partition coefficient (Wildman–Crippen LogP) is 2.44. The van der Waals surface area contributed by atoms with E-state index in [1.54, 1.807) is 0 Å². The summed E-state index contributed by atoms with van der Waals surface area (Å²) in [6.45, 7) is 10.6. The van der Waals surface area contributed by atoms with Crippen molar-refractivity contribution in [1.82, 2.24) is 5.32 Å². The molecule has 13 heavy (non-hydrogen) atoms. The monoisotopic (exact) mass is 187 g/mol. The van der Waals surface area contributed by atoms with Crippen molar-refractivity contribution in [1.29, 1.82) is 0 Å². The molecule has 0 saturated carbocycles. The summed E-state index contributed by atoms with van der Waals surface area (Å²) in [5, 5.41) is 3.42. The largest absolute Gasteiger partial charge is 0.382 e. The highest BCUT2D eigenvalue weighted by atomic mass is 16.5. The van der Waals surface area contributed by atoms with E-state index in [1.165, 1.54) is 12.8 Å². The molecule has 0 radical (unpaired) electrons. The number of hydrogen-bond donors (Lipinski definition) is 1. The van der Waals surface area contributed by atoms with Gasteiger partial charge in [0.15, 0.2) is 0 Å². The van der Waals surface area contributed by atoms with Gasteiger partial charge in [-0.25, -0.2) is 0 Å². The second-order valence-electron chi connectivity index (χ2n) is 3.84. The van der Waals surface area contributed by atoms with Crippen molar-refractivity contribution in [2.24, 2.45) is 5.92 Å². The average Bonchev–Trinajstić information content (AvgIpc) is 2.09. The van der Waals surface area contributed by atoms with E-state index in [2.05, 4.69) is 19.2 Å². The van der Waals surface area contributed by atoms with Crippen LogP contribution in [0.25, 0.3) is 0 Å². The van der Waals surface area contributed by atoms with Gasteiger partial charge < -0.3 is 10.1 Å². The van der Waals surface area contributed by atoms with Gasteiger partial charge in [0, 0.05) is 13.2 Å². The summed E-state index contributed by atoms with van der Waals surface area (Å²) in [7, 11) is 0. The third kappa shape index (κ3) is 11.9. The molecule has 0 rings (SSSR count). The molecule has 2 nitrogen and oxygen atoms in total. The molecular weight excluding hydrogens is 162 g/mol. The van der Waals surface area contributed by atoms with E-state index < -0.39 is 0 Å². The molecule has 0 saturated heterocycles. The molecule has 0 aliphatic carbocycles. The lowest BCUT2D eigenvalue weighted by molar-refractivity contribution is 0.145. The third-order valence-electron chi connectivity index (χ3n) is 1.98. The number of hydrogen-bond acceptors (Lipinski definition) is 2. The Labute approximate surface area is 83.1 Å². The SMILES string of the molecule is CCOCCCNCCCC(C)C.